The number of hydrogen-bond donors (Lipinski definition) is 1. The van der Waals surface area contributed by atoms with Crippen LogP contribution in [-0.2, 0) is 9.47 Å². The highest BCUT2D eigenvalue weighted by molar-refractivity contribution is 5.89. The van der Waals surface area contributed by atoms with Crippen LogP contribution in [0.15, 0.2) is 24.3 Å². The smallest absolute Gasteiger partial charge is 0.414 e. The van der Waals surface area contributed by atoms with Crippen molar-refractivity contribution in [2.24, 2.45) is 0 Å². The van der Waals surface area contributed by atoms with Crippen molar-refractivity contribution in [2.45, 2.75) is 6.10 Å². The van der Waals surface area contributed by atoms with Gasteiger partial charge in [0.15, 0.2) is 0 Å². The molecule has 2 saturated heterocycles. The number of halogens is 1. The summed E-state index contributed by atoms with van der Waals surface area (Å²) in [6.45, 7) is 2.72. The number of morpholine rings is 1. The molecule has 124 valence electrons. The van der Waals surface area contributed by atoms with Crippen LogP contribution in [0.1, 0.15) is 0 Å². The number of amides is 3. The average Bonchev–Trinajstić information content (AvgIpc) is 2.95. The van der Waals surface area contributed by atoms with Gasteiger partial charge in [-0.15, -0.1) is 0 Å². The largest absolute Gasteiger partial charge is 0.442 e. The number of carbonyl (C=O) groups excluding carboxylic acids is 2. The van der Waals surface area contributed by atoms with Gasteiger partial charge in [0.1, 0.15) is 11.9 Å². The van der Waals surface area contributed by atoms with Crippen molar-refractivity contribution in [3.05, 3.63) is 30.1 Å². The van der Waals surface area contributed by atoms with Crippen LogP contribution in [0.2, 0.25) is 0 Å². The minimum atomic E-state index is -0.498. The Morgan fingerprint density at radius 1 is 1.26 bits per heavy atom. The van der Waals surface area contributed by atoms with Gasteiger partial charge in [0.2, 0.25) is 0 Å². The van der Waals surface area contributed by atoms with Crippen LogP contribution < -0.4 is 10.2 Å². The number of hydrogen-bond acceptors (Lipinski definition) is 4. The molecule has 1 aromatic rings. The third-order valence-electron chi connectivity index (χ3n) is 3.79. The molecule has 8 heteroatoms. The van der Waals surface area contributed by atoms with Crippen LogP contribution in [0, 0.1) is 5.82 Å². The van der Waals surface area contributed by atoms with Crippen molar-refractivity contribution in [1.29, 1.82) is 0 Å². The summed E-state index contributed by atoms with van der Waals surface area (Å²) in [4.78, 5) is 27.0. The SMILES string of the molecule is O=C(NCC1CN(c2ccc(F)cc2)C(=O)O1)N1CCOCC1. The monoisotopic (exact) mass is 323 g/mol. The van der Waals surface area contributed by atoms with Gasteiger partial charge in [0, 0.05) is 18.8 Å². The maximum absolute atomic E-state index is 12.9. The second-order valence-corrected chi connectivity index (χ2v) is 5.38. The van der Waals surface area contributed by atoms with E-state index in [2.05, 4.69) is 5.32 Å². The number of rotatable bonds is 3. The van der Waals surface area contributed by atoms with E-state index in [1.165, 1.54) is 29.2 Å². The van der Waals surface area contributed by atoms with E-state index in [4.69, 9.17) is 9.47 Å². The van der Waals surface area contributed by atoms with Gasteiger partial charge >= 0.3 is 12.1 Å². The molecule has 1 N–H and O–H groups in total. The van der Waals surface area contributed by atoms with Gasteiger partial charge in [-0.1, -0.05) is 0 Å². The van der Waals surface area contributed by atoms with Gasteiger partial charge in [0.25, 0.3) is 0 Å². The molecule has 2 heterocycles. The van der Waals surface area contributed by atoms with E-state index in [9.17, 15) is 14.0 Å². The topological polar surface area (TPSA) is 71.1 Å². The molecule has 7 nitrogen and oxygen atoms in total. The predicted molar refractivity (Wildman–Crippen MR) is 79.8 cm³/mol. The van der Waals surface area contributed by atoms with E-state index in [0.717, 1.165) is 0 Å². The van der Waals surface area contributed by atoms with Crippen LogP contribution in [0.3, 0.4) is 0 Å². The van der Waals surface area contributed by atoms with E-state index in [0.29, 0.717) is 38.5 Å². The standard InChI is InChI=1S/C15H18FN3O4/c16-11-1-3-12(4-2-11)19-10-13(23-15(19)21)9-17-14(20)18-5-7-22-8-6-18/h1-4,13H,5-10H2,(H,17,20). The molecule has 1 aromatic carbocycles. The lowest BCUT2D eigenvalue weighted by atomic mass is 10.2. The lowest BCUT2D eigenvalue weighted by Crippen LogP contribution is -2.48. The first kappa shape index (κ1) is 15.5. The van der Waals surface area contributed by atoms with Crippen molar-refractivity contribution < 1.29 is 23.5 Å². The quantitative estimate of drug-likeness (QED) is 0.907. The maximum Gasteiger partial charge on any atom is 0.414 e. The lowest BCUT2D eigenvalue weighted by Gasteiger charge is -2.27. The third kappa shape index (κ3) is 3.70. The molecule has 3 amide bonds. The van der Waals surface area contributed by atoms with E-state index < -0.39 is 12.2 Å². The highest BCUT2D eigenvalue weighted by Gasteiger charge is 2.32. The molecule has 3 rings (SSSR count). The zero-order valence-electron chi connectivity index (χ0n) is 12.5. The number of anilines is 1. The van der Waals surface area contributed by atoms with Crippen molar-refractivity contribution in [2.75, 3.05) is 44.3 Å². The Balaban J connectivity index is 1.51. The number of benzene rings is 1. The second-order valence-electron chi connectivity index (χ2n) is 5.38. The molecule has 0 radical (unpaired) electrons. The molecule has 2 aliphatic rings. The van der Waals surface area contributed by atoms with Gasteiger partial charge in [-0.2, -0.15) is 0 Å². The summed E-state index contributed by atoms with van der Waals surface area (Å²) < 4.78 is 23.4. The van der Waals surface area contributed by atoms with Gasteiger partial charge < -0.3 is 19.7 Å². The van der Waals surface area contributed by atoms with E-state index >= 15 is 0 Å². The first-order valence-electron chi connectivity index (χ1n) is 7.48. The highest BCUT2D eigenvalue weighted by atomic mass is 19.1. The molecule has 0 saturated carbocycles. The Morgan fingerprint density at radius 3 is 2.65 bits per heavy atom. The Morgan fingerprint density at radius 2 is 1.96 bits per heavy atom. The molecule has 23 heavy (non-hydrogen) atoms. The summed E-state index contributed by atoms with van der Waals surface area (Å²) in [5, 5.41) is 2.76. The van der Waals surface area contributed by atoms with Crippen molar-refractivity contribution >= 4 is 17.8 Å². The molecule has 1 atom stereocenters. The third-order valence-corrected chi connectivity index (χ3v) is 3.79. The minimum Gasteiger partial charge on any atom is -0.442 e. The van der Waals surface area contributed by atoms with Crippen molar-refractivity contribution in [1.82, 2.24) is 10.2 Å². The van der Waals surface area contributed by atoms with Crippen molar-refractivity contribution in [3.63, 3.8) is 0 Å². The summed E-state index contributed by atoms with van der Waals surface area (Å²) in [5.41, 5.74) is 0.568. The Hall–Kier alpha value is -2.35. The molecule has 2 fully saturated rings. The fourth-order valence-corrected chi connectivity index (χ4v) is 2.54. The number of ether oxygens (including phenoxy) is 2. The van der Waals surface area contributed by atoms with Gasteiger partial charge in [0.05, 0.1) is 26.3 Å². The number of cyclic esters (lactones) is 1. The zero-order chi connectivity index (χ0) is 16.2. The van der Waals surface area contributed by atoms with E-state index in [1.54, 1.807) is 4.90 Å². The van der Waals surface area contributed by atoms with Crippen LogP contribution in [-0.4, -0.2) is 62.5 Å². The van der Waals surface area contributed by atoms with Gasteiger partial charge in [-0.25, -0.2) is 14.0 Å². The lowest BCUT2D eigenvalue weighted by molar-refractivity contribution is 0.0523. The number of nitrogens with one attached hydrogen (secondary N) is 1. The second kappa shape index (κ2) is 6.82. The van der Waals surface area contributed by atoms with Crippen molar-refractivity contribution in [3.8, 4) is 0 Å². The fourth-order valence-electron chi connectivity index (χ4n) is 2.54. The zero-order valence-corrected chi connectivity index (χ0v) is 12.5. The average molecular weight is 323 g/mol. The number of nitrogens with zero attached hydrogens (tertiary/aromatic N) is 2. The first-order valence-corrected chi connectivity index (χ1v) is 7.48. The Labute approximate surface area is 132 Å². The summed E-state index contributed by atoms with van der Waals surface area (Å²) in [5.74, 6) is -0.365. The number of urea groups is 1. The van der Waals surface area contributed by atoms with E-state index in [-0.39, 0.29) is 18.4 Å². The molecule has 0 spiro atoms. The van der Waals surface area contributed by atoms with Gasteiger partial charge in [-0.3, -0.25) is 4.90 Å². The van der Waals surface area contributed by atoms with Crippen LogP contribution in [0.25, 0.3) is 0 Å². The predicted octanol–water partition coefficient (Wildman–Crippen LogP) is 1.19. The fraction of sp³-hybridized carbons (Fsp3) is 0.467. The number of carbonyl (C=O) groups is 2. The molecule has 0 aliphatic carbocycles. The summed E-state index contributed by atoms with van der Waals surface area (Å²) in [6.07, 6.45) is -0.931. The van der Waals surface area contributed by atoms with E-state index in [1.807, 2.05) is 0 Å². The highest BCUT2D eigenvalue weighted by Crippen LogP contribution is 2.21. The normalized spacial score (nSPS) is 21.3. The summed E-state index contributed by atoms with van der Waals surface area (Å²) in [7, 11) is 0. The molecule has 2 aliphatic heterocycles. The molecule has 0 aromatic heterocycles. The van der Waals surface area contributed by atoms with Crippen LogP contribution >= 0.6 is 0 Å². The first-order chi connectivity index (χ1) is 11.1. The van der Waals surface area contributed by atoms with Crippen LogP contribution in [0.4, 0.5) is 19.7 Å². The van der Waals surface area contributed by atoms with Gasteiger partial charge in [-0.05, 0) is 24.3 Å². The Bertz CT molecular complexity index is 575. The minimum absolute atomic E-state index is 0.190. The molecule has 1 unspecified atom stereocenters. The van der Waals surface area contributed by atoms with Crippen LogP contribution in [0.5, 0.6) is 0 Å². The maximum atomic E-state index is 12.9. The summed E-state index contributed by atoms with van der Waals surface area (Å²) >= 11 is 0. The molecular weight excluding hydrogens is 305 g/mol. The summed E-state index contributed by atoms with van der Waals surface area (Å²) in [6, 6.07) is 5.42. The molecule has 0 bridgehead atoms. The Kier molecular flexibility index (Phi) is 4.61. The molecular formula is C15H18FN3O4.